The van der Waals surface area contributed by atoms with Crippen molar-refractivity contribution in [3.8, 4) is 0 Å². The molecule has 0 spiro atoms. The molecule has 0 aromatic carbocycles. The van der Waals surface area contributed by atoms with Crippen molar-refractivity contribution >= 4 is 0 Å². The zero-order chi connectivity index (χ0) is 12.7. The van der Waals surface area contributed by atoms with Gasteiger partial charge in [-0.1, -0.05) is 11.6 Å². The normalized spacial score (nSPS) is 22.1. The maximum absolute atomic E-state index is 5.63. The number of hydrogen-bond donors (Lipinski definition) is 1. The van der Waals surface area contributed by atoms with E-state index < -0.39 is 0 Å². The average Bonchev–Trinajstić information content (AvgIpc) is 2.73. The predicted molar refractivity (Wildman–Crippen MR) is 74.3 cm³/mol. The second kappa shape index (κ2) is 7.17. The Bertz CT molecular complexity index is 234. The van der Waals surface area contributed by atoms with E-state index in [0.717, 1.165) is 19.6 Å². The summed E-state index contributed by atoms with van der Waals surface area (Å²) in [5.41, 5.74) is 1.75. The highest BCUT2D eigenvalue weighted by Crippen LogP contribution is 2.19. The third-order valence-corrected chi connectivity index (χ3v) is 3.18. The van der Waals surface area contributed by atoms with Crippen LogP contribution in [0.4, 0.5) is 0 Å². The van der Waals surface area contributed by atoms with Crippen molar-refractivity contribution in [1.29, 1.82) is 0 Å². The van der Waals surface area contributed by atoms with Gasteiger partial charge in [0.2, 0.25) is 0 Å². The quantitative estimate of drug-likeness (QED) is 0.564. The molecule has 17 heavy (non-hydrogen) atoms. The maximum Gasteiger partial charge on any atom is 0.0579 e. The molecule has 0 aromatic rings. The molecule has 0 saturated carbocycles. The Labute approximate surface area is 107 Å². The van der Waals surface area contributed by atoms with E-state index in [0.29, 0.717) is 6.10 Å². The molecule has 2 heteroatoms. The Hall–Kier alpha value is -0.340. The van der Waals surface area contributed by atoms with Crippen LogP contribution in [0.25, 0.3) is 0 Å². The van der Waals surface area contributed by atoms with E-state index in [2.05, 4.69) is 39.1 Å². The van der Waals surface area contributed by atoms with Gasteiger partial charge in [0, 0.05) is 12.1 Å². The second-order valence-corrected chi connectivity index (χ2v) is 6.19. The highest BCUT2D eigenvalue weighted by atomic mass is 16.5. The van der Waals surface area contributed by atoms with Crippen molar-refractivity contribution in [2.24, 2.45) is 0 Å². The summed E-state index contributed by atoms with van der Waals surface area (Å²) in [6.45, 7) is 10.9. The highest BCUT2D eigenvalue weighted by Gasteiger charge is 2.14. The molecule has 0 amide bonds. The zero-order valence-electron chi connectivity index (χ0n) is 12.0. The lowest BCUT2D eigenvalue weighted by atomic mass is 10.1. The van der Waals surface area contributed by atoms with E-state index in [1.54, 1.807) is 0 Å². The molecule has 100 valence electrons. The average molecular weight is 239 g/mol. The minimum Gasteiger partial charge on any atom is -0.378 e. The number of rotatable bonds is 6. The van der Waals surface area contributed by atoms with E-state index in [9.17, 15) is 0 Å². The van der Waals surface area contributed by atoms with Gasteiger partial charge in [0.25, 0.3) is 0 Å². The molecule has 1 atom stereocenters. The highest BCUT2D eigenvalue weighted by molar-refractivity contribution is 4.98. The van der Waals surface area contributed by atoms with Crippen LogP contribution >= 0.6 is 0 Å². The Balaban J connectivity index is 2.07. The number of nitrogens with one attached hydrogen (secondary N) is 1. The summed E-state index contributed by atoms with van der Waals surface area (Å²) in [6, 6.07) is 0. The van der Waals surface area contributed by atoms with Gasteiger partial charge in [-0.2, -0.15) is 0 Å². The topological polar surface area (TPSA) is 21.3 Å². The van der Waals surface area contributed by atoms with E-state index >= 15 is 0 Å². The lowest BCUT2D eigenvalue weighted by Gasteiger charge is -2.19. The van der Waals surface area contributed by atoms with Gasteiger partial charge in [0.05, 0.1) is 6.10 Å². The van der Waals surface area contributed by atoms with Gasteiger partial charge < -0.3 is 10.1 Å². The van der Waals surface area contributed by atoms with Gasteiger partial charge in [-0.25, -0.2) is 0 Å². The molecule has 1 aliphatic rings. The molecule has 1 saturated heterocycles. The molecule has 1 aliphatic heterocycles. The SMILES string of the molecule is CC(=CCCNC(C)(C)C)CCC1CCCO1. The largest absolute Gasteiger partial charge is 0.378 e. The Morgan fingerprint density at radius 1 is 1.41 bits per heavy atom. The van der Waals surface area contributed by atoms with Gasteiger partial charge in [0.1, 0.15) is 0 Å². The van der Waals surface area contributed by atoms with Crippen LogP contribution in [-0.4, -0.2) is 24.8 Å². The molecular weight excluding hydrogens is 210 g/mol. The molecule has 1 heterocycles. The first-order valence-corrected chi connectivity index (χ1v) is 6.99. The van der Waals surface area contributed by atoms with E-state index in [1.165, 1.54) is 31.3 Å². The number of hydrogen-bond acceptors (Lipinski definition) is 2. The molecule has 1 fully saturated rings. The van der Waals surface area contributed by atoms with Crippen LogP contribution < -0.4 is 5.32 Å². The first-order valence-electron chi connectivity index (χ1n) is 6.99. The second-order valence-electron chi connectivity index (χ2n) is 6.19. The Morgan fingerprint density at radius 2 is 2.18 bits per heavy atom. The monoisotopic (exact) mass is 239 g/mol. The summed E-state index contributed by atoms with van der Waals surface area (Å²) in [4.78, 5) is 0. The molecular formula is C15H29NO. The summed E-state index contributed by atoms with van der Waals surface area (Å²) < 4.78 is 5.63. The van der Waals surface area contributed by atoms with Crippen molar-refractivity contribution in [3.63, 3.8) is 0 Å². The molecule has 1 unspecified atom stereocenters. The van der Waals surface area contributed by atoms with Crippen molar-refractivity contribution in [3.05, 3.63) is 11.6 Å². The number of ether oxygens (including phenoxy) is 1. The van der Waals surface area contributed by atoms with Crippen LogP contribution in [0, 0.1) is 0 Å². The summed E-state index contributed by atoms with van der Waals surface area (Å²) in [6.07, 6.45) is 8.95. The van der Waals surface area contributed by atoms with Crippen LogP contribution in [-0.2, 0) is 4.74 Å². The predicted octanol–water partition coefficient (Wildman–Crippen LogP) is 3.67. The van der Waals surface area contributed by atoms with Gasteiger partial charge in [-0.3, -0.25) is 0 Å². The summed E-state index contributed by atoms with van der Waals surface area (Å²) in [5, 5.41) is 3.51. The molecule has 2 nitrogen and oxygen atoms in total. The fraction of sp³-hybridized carbons (Fsp3) is 0.867. The molecule has 0 aliphatic carbocycles. The fourth-order valence-corrected chi connectivity index (χ4v) is 2.13. The lowest BCUT2D eigenvalue weighted by Crippen LogP contribution is -2.36. The first-order chi connectivity index (χ1) is 7.97. The molecule has 0 radical (unpaired) electrons. The third-order valence-electron chi connectivity index (χ3n) is 3.18. The smallest absolute Gasteiger partial charge is 0.0579 e. The van der Waals surface area contributed by atoms with Crippen LogP contribution in [0.3, 0.4) is 0 Å². The van der Waals surface area contributed by atoms with Gasteiger partial charge in [-0.05, 0) is 66.3 Å². The standard InChI is InChI=1S/C15H29NO/c1-13(7-5-11-16-15(2,3)4)9-10-14-8-6-12-17-14/h7,14,16H,5-6,8-12H2,1-4H3. The van der Waals surface area contributed by atoms with Crippen molar-refractivity contribution < 1.29 is 4.74 Å². The van der Waals surface area contributed by atoms with Gasteiger partial charge in [-0.15, -0.1) is 0 Å². The minimum atomic E-state index is 0.236. The van der Waals surface area contributed by atoms with E-state index in [4.69, 9.17) is 4.74 Å². The molecule has 1 N–H and O–H groups in total. The van der Waals surface area contributed by atoms with Crippen LogP contribution in [0.2, 0.25) is 0 Å². The summed E-state index contributed by atoms with van der Waals surface area (Å²) in [7, 11) is 0. The zero-order valence-corrected chi connectivity index (χ0v) is 12.0. The van der Waals surface area contributed by atoms with Crippen LogP contribution in [0.15, 0.2) is 11.6 Å². The van der Waals surface area contributed by atoms with Crippen molar-refractivity contribution in [2.45, 2.75) is 71.4 Å². The van der Waals surface area contributed by atoms with E-state index in [-0.39, 0.29) is 5.54 Å². The molecule has 0 aromatic heterocycles. The molecule has 1 rings (SSSR count). The van der Waals surface area contributed by atoms with E-state index in [1.807, 2.05) is 0 Å². The van der Waals surface area contributed by atoms with Gasteiger partial charge in [0.15, 0.2) is 0 Å². The summed E-state index contributed by atoms with van der Waals surface area (Å²) >= 11 is 0. The minimum absolute atomic E-state index is 0.236. The first kappa shape index (κ1) is 14.7. The van der Waals surface area contributed by atoms with Gasteiger partial charge >= 0.3 is 0 Å². The fourth-order valence-electron chi connectivity index (χ4n) is 2.13. The molecule has 0 bridgehead atoms. The van der Waals surface area contributed by atoms with Crippen LogP contribution in [0.1, 0.15) is 59.8 Å². The Kier molecular flexibility index (Phi) is 6.21. The van der Waals surface area contributed by atoms with Crippen LogP contribution in [0.5, 0.6) is 0 Å². The van der Waals surface area contributed by atoms with Crippen molar-refractivity contribution in [1.82, 2.24) is 5.32 Å². The Morgan fingerprint density at radius 3 is 2.76 bits per heavy atom. The third kappa shape index (κ3) is 7.56. The summed E-state index contributed by atoms with van der Waals surface area (Å²) in [5.74, 6) is 0. The van der Waals surface area contributed by atoms with Crippen molar-refractivity contribution in [2.75, 3.05) is 13.2 Å². The lowest BCUT2D eigenvalue weighted by molar-refractivity contribution is 0.104. The number of allylic oxidation sites excluding steroid dienone is 1. The maximum atomic E-state index is 5.63.